The van der Waals surface area contributed by atoms with E-state index in [0.29, 0.717) is 15.9 Å². The molecule has 0 saturated heterocycles. The average Bonchev–Trinajstić information content (AvgIpc) is 2.44. The summed E-state index contributed by atoms with van der Waals surface area (Å²) in [5.41, 5.74) is -0.00286. The Balaban J connectivity index is 0.00000106. The second-order valence-corrected chi connectivity index (χ2v) is 4.45. The Morgan fingerprint density at radius 1 is 1.38 bits per heavy atom. The largest absolute Gasteiger partial charge is 0.506 e. The minimum Gasteiger partial charge on any atom is -0.506 e. The molecule has 0 aliphatic rings. The normalized spacial score (nSPS) is 9.95. The summed E-state index contributed by atoms with van der Waals surface area (Å²) in [6.45, 7) is 7.50. The molecule has 1 heterocycles. The minimum atomic E-state index is -0.851. The van der Waals surface area contributed by atoms with Crippen LogP contribution >= 0.6 is 11.6 Å². The van der Waals surface area contributed by atoms with E-state index in [4.69, 9.17) is 16.3 Å². The Hall–Kier alpha value is -2.01. The van der Waals surface area contributed by atoms with Gasteiger partial charge in [-0.2, -0.15) is 0 Å². The lowest BCUT2D eigenvalue weighted by molar-refractivity contribution is 0.0521. The van der Waals surface area contributed by atoms with Crippen LogP contribution in [0.25, 0.3) is 10.9 Å². The predicted molar refractivity (Wildman–Crippen MR) is 83.3 cm³/mol. The van der Waals surface area contributed by atoms with Gasteiger partial charge in [-0.1, -0.05) is 25.4 Å². The maximum Gasteiger partial charge on any atom is 0.347 e. The molecule has 0 saturated carbocycles. The van der Waals surface area contributed by atoms with E-state index in [1.54, 1.807) is 19.9 Å². The number of pyridine rings is 1. The van der Waals surface area contributed by atoms with Crippen molar-refractivity contribution in [1.82, 2.24) is 4.98 Å². The zero-order chi connectivity index (χ0) is 16.2. The van der Waals surface area contributed by atoms with Gasteiger partial charge in [0, 0.05) is 10.4 Å². The number of H-pyrrole nitrogens is 1. The van der Waals surface area contributed by atoms with E-state index in [9.17, 15) is 14.7 Å². The summed E-state index contributed by atoms with van der Waals surface area (Å²) in [5, 5.41) is 10.9. The van der Waals surface area contributed by atoms with Gasteiger partial charge >= 0.3 is 5.97 Å². The molecule has 0 unspecified atom stereocenters. The fourth-order valence-corrected chi connectivity index (χ4v) is 1.96. The summed E-state index contributed by atoms with van der Waals surface area (Å²) >= 11 is 5.95. The molecule has 2 aromatic rings. The van der Waals surface area contributed by atoms with Gasteiger partial charge in [0.2, 0.25) is 0 Å². The molecule has 0 spiro atoms. The molecule has 2 N–H and O–H groups in total. The Bertz CT molecular complexity index is 722. The highest BCUT2D eigenvalue weighted by Gasteiger charge is 2.20. The van der Waals surface area contributed by atoms with Crippen LogP contribution < -0.4 is 5.56 Å². The standard InChI is InChI=1S/C13H12ClNO4.C2H6/c1-3-19-13(18)10-11(16)7-4-6(2)8(14)5-9(7)15-12(10)17;1-2/h4-5H,3H2,1-2H3,(H2,15,16,17);1-2H3. The number of fused-ring (bicyclic) bond motifs is 1. The lowest BCUT2D eigenvalue weighted by Gasteiger charge is -2.08. The van der Waals surface area contributed by atoms with Crippen molar-refractivity contribution in [2.45, 2.75) is 27.7 Å². The number of aryl methyl sites for hydroxylation is 1. The third-order valence-electron chi connectivity index (χ3n) is 2.75. The first-order chi connectivity index (χ1) is 9.95. The summed E-state index contributed by atoms with van der Waals surface area (Å²) in [6.07, 6.45) is 0. The van der Waals surface area contributed by atoms with Gasteiger partial charge in [0.15, 0.2) is 5.56 Å². The first-order valence-electron chi connectivity index (χ1n) is 6.68. The van der Waals surface area contributed by atoms with Gasteiger partial charge in [-0.25, -0.2) is 4.79 Å². The molecule has 1 aromatic heterocycles. The highest BCUT2D eigenvalue weighted by Crippen LogP contribution is 2.29. The van der Waals surface area contributed by atoms with Crippen molar-refractivity contribution in [3.8, 4) is 5.75 Å². The van der Waals surface area contributed by atoms with Gasteiger partial charge < -0.3 is 14.8 Å². The third kappa shape index (κ3) is 3.36. The van der Waals surface area contributed by atoms with Crippen LogP contribution in [0, 0.1) is 6.92 Å². The molecule has 0 fully saturated rings. The maximum atomic E-state index is 11.8. The molecule has 0 bridgehead atoms. The van der Waals surface area contributed by atoms with E-state index in [0.717, 1.165) is 5.56 Å². The zero-order valence-electron chi connectivity index (χ0n) is 12.4. The van der Waals surface area contributed by atoms with Gasteiger partial charge in [-0.3, -0.25) is 4.79 Å². The van der Waals surface area contributed by atoms with E-state index in [1.807, 2.05) is 13.8 Å². The van der Waals surface area contributed by atoms with Crippen LogP contribution in [0.3, 0.4) is 0 Å². The number of rotatable bonds is 2. The fourth-order valence-electron chi connectivity index (χ4n) is 1.80. The predicted octanol–water partition coefficient (Wildman–Crippen LogP) is 3.40. The minimum absolute atomic E-state index is 0.120. The van der Waals surface area contributed by atoms with Crippen LogP contribution in [-0.4, -0.2) is 22.7 Å². The second-order valence-electron chi connectivity index (χ2n) is 4.05. The smallest absolute Gasteiger partial charge is 0.347 e. The molecule has 0 aliphatic carbocycles. The molecular formula is C15H18ClNO4. The number of halogens is 1. The van der Waals surface area contributed by atoms with E-state index in [-0.39, 0.29) is 6.61 Å². The van der Waals surface area contributed by atoms with Crippen molar-refractivity contribution in [3.63, 3.8) is 0 Å². The van der Waals surface area contributed by atoms with Crippen molar-refractivity contribution in [2.24, 2.45) is 0 Å². The summed E-state index contributed by atoms with van der Waals surface area (Å²) in [5.74, 6) is -1.24. The number of hydrogen-bond donors (Lipinski definition) is 2. The molecule has 1 aromatic carbocycles. The Labute approximate surface area is 127 Å². The summed E-state index contributed by atoms with van der Waals surface area (Å²) < 4.78 is 4.75. The SMILES string of the molecule is CC.CCOC(=O)c1c(O)c2cc(C)c(Cl)cc2[nH]c1=O. The summed E-state index contributed by atoms with van der Waals surface area (Å²) in [6, 6.07) is 3.13. The molecule has 0 aliphatic heterocycles. The molecule has 0 radical (unpaired) electrons. The molecule has 0 atom stereocenters. The van der Waals surface area contributed by atoms with Crippen LogP contribution in [0.4, 0.5) is 0 Å². The lowest BCUT2D eigenvalue weighted by Crippen LogP contribution is -2.20. The van der Waals surface area contributed by atoms with E-state index < -0.39 is 22.8 Å². The third-order valence-corrected chi connectivity index (χ3v) is 3.15. The van der Waals surface area contributed by atoms with Crippen LogP contribution in [0.1, 0.15) is 36.7 Å². The lowest BCUT2D eigenvalue weighted by atomic mass is 10.1. The number of nitrogens with one attached hydrogen (secondary N) is 1. The number of ether oxygens (including phenoxy) is 1. The Morgan fingerprint density at radius 2 is 2.00 bits per heavy atom. The van der Waals surface area contributed by atoms with E-state index >= 15 is 0 Å². The van der Waals surface area contributed by atoms with Crippen LogP contribution in [0.15, 0.2) is 16.9 Å². The van der Waals surface area contributed by atoms with Crippen molar-refractivity contribution < 1.29 is 14.6 Å². The topological polar surface area (TPSA) is 79.4 Å². The van der Waals surface area contributed by atoms with Gasteiger partial charge in [-0.05, 0) is 31.5 Å². The van der Waals surface area contributed by atoms with Crippen molar-refractivity contribution >= 4 is 28.5 Å². The number of carbonyl (C=O) groups is 1. The van der Waals surface area contributed by atoms with E-state index in [2.05, 4.69) is 4.98 Å². The maximum absolute atomic E-state index is 11.8. The molecular weight excluding hydrogens is 294 g/mol. The van der Waals surface area contributed by atoms with Crippen LogP contribution in [0.2, 0.25) is 5.02 Å². The fraction of sp³-hybridized carbons (Fsp3) is 0.333. The monoisotopic (exact) mass is 311 g/mol. The first kappa shape index (κ1) is 17.0. The molecule has 21 heavy (non-hydrogen) atoms. The molecule has 6 heteroatoms. The highest BCUT2D eigenvalue weighted by atomic mass is 35.5. The van der Waals surface area contributed by atoms with E-state index in [1.165, 1.54) is 6.07 Å². The molecule has 0 amide bonds. The number of carbonyl (C=O) groups excluding carboxylic acids is 1. The number of aromatic amines is 1. The second kappa shape index (κ2) is 7.13. The molecule has 2 rings (SSSR count). The van der Waals surface area contributed by atoms with Gasteiger partial charge in [0.05, 0.1) is 12.1 Å². The number of aromatic hydroxyl groups is 1. The van der Waals surface area contributed by atoms with Crippen molar-refractivity contribution in [1.29, 1.82) is 0 Å². The van der Waals surface area contributed by atoms with Gasteiger partial charge in [0.1, 0.15) is 5.75 Å². The number of esters is 1. The number of benzene rings is 1. The average molecular weight is 312 g/mol. The Morgan fingerprint density at radius 3 is 2.57 bits per heavy atom. The number of aromatic nitrogens is 1. The van der Waals surface area contributed by atoms with Crippen molar-refractivity contribution in [3.05, 3.63) is 38.6 Å². The van der Waals surface area contributed by atoms with Crippen molar-refractivity contribution in [2.75, 3.05) is 6.61 Å². The van der Waals surface area contributed by atoms with Crippen LogP contribution in [-0.2, 0) is 4.74 Å². The zero-order valence-corrected chi connectivity index (χ0v) is 13.2. The molecule has 114 valence electrons. The summed E-state index contributed by atoms with van der Waals surface area (Å²) in [7, 11) is 0. The quantitative estimate of drug-likeness (QED) is 0.833. The number of hydrogen-bond acceptors (Lipinski definition) is 4. The Kier molecular flexibility index (Phi) is 5.79. The first-order valence-corrected chi connectivity index (χ1v) is 7.05. The van der Waals surface area contributed by atoms with Gasteiger partial charge in [-0.15, -0.1) is 0 Å². The highest BCUT2D eigenvalue weighted by molar-refractivity contribution is 6.32. The van der Waals surface area contributed by atoms with Crippen LogP contribution in [0.5, 0.6) is 5.75 Å². The summed E-state index contributed by atoms with van der Waals surface area (Å²) in [4.78, 5) is 26.0. The molecule has 5 nitrogen and oxygen atoms in total. The van der Waals surface area contributed by atoms with Gasteiger partial charge in [0.25, 0.3) is 5.56 Å².